The van der Waals surface area contributed by atoms with E-state index in [-0.39, 0.29) is 0 Å². The van der Waals surface area contributed by atoms with Crippen LogP contribution in [0.15, 0.2) is 0 Å². The summed E-state index contributed by atoms with van der Waals surface area (Å²) in [4.78, 5) is 2.73. The minimum absolute atomic E-state index is 0.782. The highest BCUT2D eigenvalue weighted by Gasteiger charge is 2.30. The number of nitrogens with one attached hydrogen (secondary N) is 1. The summed E-state index contributed by atoms with van der Waals surface area (Å²) in [5.41, 5.74) is 0. The van der Waals surface area contributed by atoms with Gasteiger partial charge in [0.25, 0.3) is 0 Å². The number of unbranched alkanes of at least 4 members (excludes halogenated alkanes) is 2. The van der Waals surface area contributed by atoms with E-state index in [4.69, 9.17) is 0 Å². The topological polar surface area (TPSA) is 15.3 Å². The smallest absolute Gasteiger partial charge is 0.0200 e. The number of piperidine rings is 1. The van der Waals surface area contributed by atoms with Crippen molar-refractivity contribution in [2.24, 2.45) is 5.92 Å². The Morgan fingerprint density at radius 2 is 1.78 bits per heavy atom. The van der Waals surface area contributed by atoms with Crippen LogP contribution in [0.4, 0.5) is 0 Å². The van der Waals surface area contributed by atoms with Crippen LogP contribution in [-0.4, -0.2) is 36.6 Å². The maximum Gasteiger partial charge on any atom is 0.0200 e. The van der Waals surface area contributed by atoms with E-state index in [0.717, 1.165) is 18.0 Å². The van der Waals surface area contributed by atoms with Crippen LogP contribution in [0.5, 0.6) is 0 Å². The van der Waals surface area contributed by atoms with Crippen molar-refractivity contribution in [1.29, 1.82) is 0 Å². The van der Waals surface area contributed by atoms with Crippen LogP contribution < -0.4 is 5.32 Å². The molecule has 2 heteroatoms. The van der Waals surface area contributed by atoms with Crippen LogP contribution in [0.2, 0.25) is 0 Å². The molecule has 0 amide bonds. The second kappa shape index (κ2) is 7.49. The van der Waals surface area contributed by atoms with E-state index in [0.29, 0.717) is 0 Å². The molecule has 2 atom stereocenters. The fourth-order valence-corrected chi connectivity index (χ4v) is 3.27. The van der Waals surface area contributed by atoms with Crippen molar-refractivity contribution in [2.45, 2.75) is 77.3 Å². The molecule has 2 aliphatic rings. The molecule has 2 rings (SSSR count). The van der Waals surface area contributed by atoms with Gasteiger partial charge in [0.1, 0.15) is 0 Å². The molecule has 0 bridgehead atoms. The minimum Gasteiger partial charge on any atom is -0.310 e. The third kappa shape index (κ3) is 4.89. The maximum atomic E-state index is 3.86. The summed E-state index contributed by atoms with van der Waals surface area (Å²) in [6.07, 6.45) is 11.2. The molecule has 2 nitrogen and oxygen atoms in total. The molecule has 1 heterocycles. The molecule has 1 saturated heterocycles. The van der Waals surface area contributed by atoms with Gasteiger partial charge in [0.2, 0.25) is 0 Å². The lowest BCUT2D eigenvalue weighted by Crippen LogP contribution is -2.50. The van der Waals surface area contributed by atoms with Crippen molar-refractivity contribution in [2.75, 3.05) is 19.6 Å². The first-order chi connectivity index (χ1) is 8.81. The predicted octanol–water partition coefficient (Wildman–Crippen LogP) is 3.42. The van der Waals surface area contributed by atoms with Crippen molar-refractivity contribution in [1.82, 2.24) is 10.2 Å². The van der Waals surface area contributed by atoms with Crippen LogP contribution in [0, 0.1) is 5.92 Å². The Bertz CT molecular complexity index is 209. The van der Waals surface area contributed by atoms with Gasteiger partial charge in [-0.15, -0.1) is 0 Å². The number of nitrogens with zero attached hydrogens (tertiary/aromatic N) is 1. The molecular formula is C16H32N2. The Morgan fingerprint density at radius 1 is 1.00 bits per heavy atom. The van der Waals surface area contributed by atoms with E-state index in [1.807, 2.05) is 0 Å². The van der Waals surface area contributed by atoms with Crippen LogP contribution in [-0.2, 0) is 0 Å². The van der Waals surface area contributed by atoms with Gasteiger partial charge in [-0.3, -0.25) is 0 Å². The Morgan fingerprint density at radius 3 is 2.44 bits per heavy atom. The Labute approximate surface area is 114 Å². The van der Waals surface area contributed by atoms with E-state index in [1.165, 1.54) is 71.0 Å². The fraction of sp³-hybridized carbons (Fsp3) is 1.00. The van der Waals surface area contributed by atoms with Crippen molar-refractivity contribution < 1.29 is 0 Å². The summed E-state index contributed by atoms with van der Waals surface area (Å²) >= 11 is 0. The Kier molecular flexibility index (Phi) is 5.97. The molecule has 0 aromatic heterocycles. The second-order valence-corrected chi connectivity index (χ2v) is 6.49. The van der Waals surface area contributed by atoms with Crippen LogP contribution in [0.3, 0.4) is 0 Å². The highest BCUT2D eigenvalue weighted by molar-refractivity contribution is 4.90. The highest BCUT2D eigenvalue weighted by atomic mass is 15.2. The van der Waals surface area contributed by atoms with E-state index in [9.17, 15) is 0 Å². The van der Waals surface area contributed by atoms with Gasteiger partial charge in [0.05, 0.1) is 0 Å². The number of hydrogen-bond donors (Lipinski definition) is 1. The van der Waals surface area contributed by atoms with Gasteiger partial charge in [-0.05, 0) is 44.6 Å². The Hall–Kier alpha value is -0.0800. The molecule has 2 fully saturated rings. The van der Waals surface area contributed by atoms with Gasteiger partial charge in [0.15, 0.2) is 0 Å². The average molecular weight is 252 g/mol. The SMILES string of the molecule is CCCCC1CC(NC2CC2)CN(CCCC)C1. The standard InChI is InChI=1S/C16H32N2/c1-3-5-7-14-11-16(17-15-8-9-15)13-18(12-14)10-6-4-2/h14-17H,3-13H2,1-2H3. The van der Waals surface area contributed by atoms with Crippen molar-refractivity contribution >= 4 is 0 Å². The summed E-state index contributed by atoms with van der Waals surface area (Å²) in [5, 5.41) is 3.86. The van der Waals surface area contributed by atoms with Crippen molar-refractivity contribution in [3.05, 3.63) is 0 Å². The lowest BCUT2D eigenvalue weighted by Gasteiger charge is -2.38. The normalized spacial score (nSPS) is 29.7. The summed E-state index contributed by atoms with van der Waals surface area (Å²) in [5.74, 6) is 0.951. The molecule has 2 unspecified atom stereocenters. The van der Waals surface area contributed by atoms with E-state index < -0.39 is 0 Å². The summed E-state index contributed by atoms with van der Waals surface area (Å²) in [7, 11) is 0. The monoisotopic (exact) mass is 252 g/mol. The molecule has 1 N–H and O–H groups in total. The largest absolute Gasteiger partial charge is 0.310 e. The van der Waals surface area contributed by atoms with Gasteiger partial charge >= 0.3 is 0 Å². The first-order valence-corrected chi connectivity index (χ1v) is 8.30. The maximum absolute atomic E-state index is 3.86. The minimum atomic E-state index is 0.782. The van der Waals surface area contributed by atoms with Gasteiger partial charge in [-0.25, -0.2) is 0 Å². The van der Waals surface area contributed by atoms with Crippen LogP contribution >= 0.6 is 0 Å². The molecule has 106 valence electrons. The molecule has 0 radical (unpaired) electrons. The van der Waals surface area contributed by atoms with E-state index in [1.54, 1.807) is 0 Å². The molecule has 0 aromatic rings. The summed E-state index contributed by atoms with van der Waals surface area (Å²) in [6, 6.07) is 1.65. The van der Waals surface area contributed by atoms with Crippen molar-refractivity contribution in [3.63, 3.8) is 0 Å². The molecule has 1 saturated carbocycles. The van der Waals surface area contributed by atoms with Crippen LogP contribution in [0.1, 0.15) is 65.2 Å². The van der Waals surface area contributed by atoms with Gasteiger partial charge < -0.3 is 10.2 Å². The summed E-state index contributed by atoms with van der Waals surface area (Å²) < 4.78 is 0. The fourth-order valence-electron chi connectivity index (χ4n) is 3.27. The van der Waals surface area contributed by atoms with Gasteiger partial charge in [0, 0.05) is 25.2 Å². The van der Waals surface area contributed by atoms with E-state index in [2.05, 4.69) is 24.1 Å². The van der Waals surface area contributed by atoms with Crippen molar-refractivity contribution in [3.8, 4) is 0 Å². The number of hydrogen-bond acceptors (Lipinski definition) is 2. The lowest BCUT2D eigenvalue weighted by atomic mass is 9.89. The van der Waals surface area contributed by atoms with Gasteiger partial charge in [-0.2, -0.15) is 0 Å². The molecule has 0 spiro atoms. The third-order valence-electron chi connectivity index (χ3n) is 4.46. The number of likely N-dealkylation sites (tertiary alicyclic amines) is 1. The molecule has 1 aliphatic heterocycles. The lowest BCUT2D eigenvalue weighted by molar-refractivity contribution is 0.132. The summed E-state index contributed by atoms with van der Waals surface area (Å²) in [6.45, 7) is 8.61. The average Bonchev–Trinajstić information content (AvgIpc) is 3.17. The Balaban J connectivity index is 1.78. The predicted molar refractivity (Wildman–Crippen MR) is 78.9 cm³/mol. The first kappa shape index (κ1) is 14.3. The third-order valence-corrected chi connectivity index (χ3v) is 4.46. The first-order valence-electron chi connectivity index (χ1n) is 8.30. The zero-order valence-electron chi connectivity index (χ0n) is 12.5. The zero-order chi connectivity index (χ0) is 12.8. The quantitative estimate of drug-likeness (QED) is 0.712. The highest BCUT2D eigenvalue weighted by Crippen LogP contribution is 2.26. The molecule has 18 heavy (non-hydrogen) atoms. The molecule has 0 aromatic carbocycles. The molecular weight excluding hydrogens is 220 g/mol. The zero-order valence-corrected chi connectivity index (χ0v) is 12.5. The van der Waals surface area contributed by atoms with Gasteiger partial charge in [-0.1, -0.05) is 33.1 Å². The van der Waals surface area contributed by atoms with E-state index >= 15 is 0 Å². The number of rotatable bonds is 8. The van der Waals surface area contributed by atoms with Crippen LogP contribution in [0.25, 0.3) is 0 Å². The second-order valence-electron chi connectivity index (χ2n) is 6.49. The molecule has 1 aliphatic carbocycles.